The molecule has 8 nitrogen and oxygen atoms in total. The number of hydrogen-bond donors (Lipinski definition) is 4. The van der Waals surface area contributed by atoms with Crippen molar-refractivity contribution in [1.82, 2.24) is 10.4 Å². The van der Waals surface area contributed by atoms with E-state index in [-0.39, 0.29) is 23.2 Å². The highest BCUT2D eigenvalue weighted by atomic mass is 16.3. The van der Waals surface area contributed by atoms with Crippen molar-refractivity contribution in [2.24, 2.45) is 0 Å². The van der Waals surface area contributed by atoms with Crippen molar-refractivity contribution in [1.29, 1.82) is 0 Å². The first-order valence-electron chi connectivity index (χ1n) is 6.88. The lowest BCUT2D eigenvalue weighted by molar-refractivity contribution is 0.0599. The van der Waals surface area contributed by atoms with E-state index >= 15 is 0 Å². The molecule has 8 heteroatoms. The predicted molar refractivity (Wildman–Crippen MR) is 80.6 cm³/mol. The third kappa shape index (κ3) is 2.30. The van der Waals surface area contributed by atoms with Gasteiger partial charge in [0.1, 0.15) is 5.75 Å². The summed E-state index contributed by atoms with van der Waals surface area (Å²) in [6.07, 6.45) is 0.416. The van der Waals surface area contributed by atoms with Gasteiger partial charge in [0.05, 0.1) is 17.7 Å². The number of benzene rings is 2. The molecular weight excluding hydrogens is 316 g/mol. The second kappa shape index (κ2) is 5.58. The first-order chi connectivity index (χ1) is 11.4. The molecule has 2 aromatic rings. The van der Waals surface area contributed by atoms with Crippen molar-refractivity contribution in [2.75, 3.05) is 0 Å². The fourth-order valence-electron chi connectivity index (χ4n) is 2.54. The number of hydrazine groups is 1. The van der Waals surface area contributed by atoms with Crippen LogP contribution in [0.3, 0.4) is 0 Å². The van der Waals surface area contributed by atoms with Gasteiger partial charge in [0.25, 0.3) is 11.8 Å². The summed E-state index contributed by atoms with van der Waals surface area (Å²) in [6.45, 7) is -0.0300. The van der Waals surface area contributed by atoms with Gasteiger partial charge in [-0.1, -0.05) is 18.2 Å². The van der Waals surface area contributed by atoms with Gasteiger partial charge >= 0.3 is 0 Å². The highest BCUT2D eigenvalue weighted by Gasteiger charge is 2.33. The minimum absolute atomic E-state index is 0.0300. The Labute approximate surface area is 135 Å². The molecule has 2 aromatic carbocycles. The van der Waals surface area contributed by atoms with Gasteiger partial charge in [-0.2, -0.15) is 0 Å². The van der Waals surface area contributed by atoms with E-state index in [0.29, 0.717) is 11.8 Å². The van der Waals surface area contributed by atoms with E-state index in [4.69, 9.17) is 0 Å². The smallest absolute Gasteiger partial charge is 0.276 e. The van der Waals surface area contributed by atoms with E-state index < -0.39 is 29.1 Å². The standard InChI is InChI=1S/C16H12N2O6/c19-7-9-2-1-3-10(20)12(9)15(23)17-18-6-8-4-5-11(21)14(22)13(8)16(18)24/h1-5,7,20-22H,6H2,(H,17,23). The Morgan fingerprint density at radius 1 is 1.12 bits per heavy atom. The van der Waals surface area contributed by atoms with Crippen LogP contribution in [0.25, 0.3) is 0 Å². The van der Waals surface area contributed by atoms with E-state index in [0.717, 1.165) is 5.01 Å². The number of aromatic hydroxyl groups is 3. The quantitative estimate of drug-likeness (QED) is 0.490. The Kier molecular flexibility index (Phi) is 3.57. The van der Waals surface area contributed by atoms with Crippen molar-refractivity contribution >= 4 is 18.1 Å². The maximum Gasteiger partial charge on any atom is 0.276 e. The summed E-state index contributed by atoms with van der Waals surface area (Å²) in [4.78, 5) is 35.6. The van der Waals surface area contributed by atoms with E-state index in [1.165, 1.54) is 30.3 Å². The minimum Gasteiger partial charge on any atom is -0.507 e. The van der Waals surface area contributed by atoms with Gasteiger partial charge in [-0.05, 0) is 17.7 Å². The van der Waals surface area contributed by atoms with E-state index in [1.54, 1.807) is 0 Å². The van der Waals surface area contributed by atoms with Crippen molar-refractivity contribution in [2.45, 2.75) is 6.54 Å². The molecule has 0 radical (unpaired) electrons. The number of phenolic OH excluding ortho intramolecular Hbond substituents is 3. The van der Waals surface area contributed by atoms with Crippen LogP contribution in [-0.2, 0) is 6.54 Å². The molecule has 0 saturated carbocycles. The summed E-state index contributed by atoms with van der Waals surface area (Å²) in [7, 11) is 0. The SMILES string of the molecule is O=Cc1cccc(O)c1C(=O)NN1Cc2ccc(O)c(O)c2C1=O. The van der Waals surface area contributed by atoms with Crippen LogP contribution in [0.5, 0.6) is 17.2 Å². The molecule has 0 spiro atoms. The van der Waals surface area contributed by atoms with Gasteiger partial charge in [0.2, 0.25) is 0 Å². The summed E-state index contributed by atoms with van der Waals surface area (Å²) in [5.74, 6) is -2.97. The van der Waals surface area contributed by atoms with Gasteiger partial charge < -0.3 is 15.3 Å². The number of nitrogens with one attached hydrogen (secondary N) is 1. The zero-order chi connectivity index (χ0) is 17.4. The van der Waals surface area contributed by atoms with Crippen molar-refractivity contribution < 1.29 is 29.7 Å². The third-order valence-corrected chi connectivity index (χ3v) is 3.70. The molecule has 4 N–H and O–H groups in total. The van der Waals surface area contributed by atoms with Gasteiger partial charge in [0.15, 0.2) is 17.8 Å². The number of amides is 2. The number of rotatable bonds is 3. The number of fused-ring (bicyclic) bond motifs is 1. The molecule has 1 heterocycles. The van der Waals surface area contributed by atoms with Crippen LogP contribution < -0.4 is 5.43 Å². The van der Waals surface area contributed by atoms with Crippen LogP contribution in [0.15, 0.2) is 30.3 Å². The number of carbonyl (C=O) groups is 3. The van der Waals surface area contributed by atoms with E-state index in [9.17, 15) is 29.7 Å². The fraction of sp³-hybridized carbons (Fsp3) is 0.0625. The fourth-order valence-corrected chi connectivity index (χ4v) is 2.54. The molecule has 0 aliphatic carbocycles. The van der Waals surface area contributed by atoms with Crippen LogP contribution in [0, 0.1) is 0 Å². The summed E-state index contributed by atoms with van der Waals surface area (Å²) >= 11 is 0. The summed E-state index contributed by atoms with van der Waals surface area (Å²) < 4.78 is 0. The van der Waals surface area contributed by atoms with Crippen molar-refractivity contribution in [3.63, 3.8) is 0 Å². The maximum absolute atomic E-state index is 12.3. The van der Waals surface area contributed by atoms with Gasteiger partial charge in [-0.25, -0.2) is 5.01 Å². The van der Waals surface area contributed by atoms with Gasteiger partial charge in [0, 0.05) is 5.56 Å². The molecule has 0 atom stereocenters. The molecule has 3 rings (SSSR count). The summed E-state index contributed by atoms with van der Waals surface area (Å²) in [5.41, 5.74) is 2.31. The van der Waals surface area contributed by atoms with E-state index in [2.05, 4.69) is 5.43 Å². The average Bonchev–Trinajstić information content (AvgIpc) is 2.87. The molecule has 1 aliphatic rings. The second-order valence-electron chi connectivity index (χ2n) is 5.16. The van der Waals surface area contributed by atoms with Crippen molar-refractivity contribution in [3.05, 3.63) is 52.6 Å². The van der Waals surface area contributed by atoms with Crippen molar-refractivity contribution in [3.8, 4) is 17.2 Å². The molecule has 0 unspecified atom stereocenters. The third-order valence-electron chi connectivity index (χ3n) is 3.70. The summed E-state index contributed by atoms with van der Waals surface area (Å²) in [5, 5.41) is 30.0. The van der Waals surface area contributed by atoms with Crippen LogP contribution >= 0.6 is 0 Å². The topological polar surface area (TPSA) is 127 Å². The molecule has 2 amide bonds. The predicted octanol–water partition coefficient (Wildman–Crippen LogP) is 0.917. The summed E-state index contributed by atoms with van der Waals surface area (Å²) in [6, 6.07) is 6.69. The first-order valence-corrected chi connectivity index (χ1v) is 6.88. The van der Waals surface area contributed by atoms with E-state index in [1.807, 2.05) is 0 Å². The van der Waals surface area contributed by atoms with Gasteiger partial charge in [-0.3, -0.25) is 19.8 Å². The van der Waals surface area contributed by atoms with Crippen LogP contribution in [0.4, 0.5) is 0 Å². The normalized spacial score (nSPS) is 12.8. The molecule has 1 aliphatic heterocycles. The lowest BCUT2D eigenvalue weighted by atomic mass is 10.1. The zero-order valence-electron chi connectivity index (χ0n) is 12.2. The molecule has 0 fully saturated rings. The number of hydrogen-bond acceptors (Lipinski definition) is 6. The Balaban J connectivity index is 1.89. The Hall–Kier alpha value is -3.55. The maximum atomic E-state index is 12.3. The molecular formula is C16H12N2O6. The Morgan fingerprint density at radius 3 is 2.58 bits per heavy atom. The monoisotopic (exact) mass is 328 g/mol. The van der Waals surface area contributed by atoms with Crippen LogP contribution in [-0.4, -0.2) is 38.4 Å². The highest BCUT2D eigenvalue weighted by Crippen LogP contribution is 2.36. The van der Waals surface area contributed by atoms with Crippen LogP contribution in [0.2, 0.25) is 0 Å². The van der Waals surface area contributed by atoms with Gasteiger partial charge in [-0.15, -0.1) is 0 Å². The molecule has 122 valence electrons. The highest BCUT2D eigenvalue weighted by molar-refractivity contribution is 6.07. The molecule has 0 saturated heterocycles. The lowest BCUT2D eigenvalue weighted by Gasteiger charge is -2.18. The minimum atomic E-state index is -0.847. The lowest BCUT2D eigenvalue weighted by Crippen LogP contribution is -2.42. The number of aldehydes is 1. The largest absolute Gasteiger partial charge is 0.507 e. The molecule has 0 bridgehead atoms. The average molecular weight is 328 g/mol. The van der Waals surface area contributed by atoms with Crippen LogP contribution in [0.1, 0.15) is 36.6 Å². The number of nitrogens with zero attached hydrogens (tertiary/aromatic N) is 1. The zero-order valence-corrected chi connectivity index (χ0v) is 12.2. The Morgan fingerprint density at radius 2 is 1.88 bits per heavy atom. The number of phenols is 3. The number of carbonyl (C=O) groups excluding carboxylic acids is 3. The molecule has 24 heavy (non-hydrogen) atoms. The second-order valence-corrected chi connectivity index (χ2v) is 5.16. The first kappa shape index (κ1) is 15.3. The molecule has 0 aromatic heterocycles. The Bertz CT molecular complexity index is 877.